The molecule has 0 bridgehead atoms. The number of urea groups is 1. The number of nitrogens with one attached hydrogen (secondary N) is 1. The van der Waals surface area contributed by atoms with Gasteiger partial charge in [-0.05, 0) is 43.3 Å². The molecule has 1 fully saturated rings. The molecule has 194 valence electrons. The molecule has 0 aliphatic carbocycles. The number of ether oxygens (including phenoxy) is 1. The molecule has 4 amide bonds. The minimum Gasteiger partial charge on any atom is -0.497 e. The van der Waals surface area contributed by atoms with Gasteiger partial charge < -0.3 is 8.92 Å². The van der Waals surface area contributed by atoms with Crippen LogP contribution in [-0.2, 0) is 19.7 Å². The van der Waals surface area contributed by atoms with Gasteiger partial charge >= 0.3 is 16.1 Å². The highest BCUT2D eigenvalue weighted by atomic mass is 32.2. The standard InChI is InChI=1S/C25H19N3O9S/c1-15-6-10-20(11-7-15)38(34,35)37-22-14-19(36-2)9-8-16(22)12-21-23(29)26-25(31)27(24(21)30)17-4-3-5-18(13-17)28(32)33/h3-14H,1-2H3,(H,26,29,31)/b21-12+. The van der Waals surface area contributed by atoms with E-state index in [1.165, 1.54) is 55.6 Å². The van der Waals surface area contributed by atoms with Crippen LogP contribution in [-0.4, -0.2) is 38.3 Å². The fraction of sp³-hybridized carbons (Fsp3) is 0.0800. The van der Waals surface area contributed by atoms with Crippen LogP contribution in [0.3, 0.4) is 0 Å². The molecule has 12 nitrogen and oxygen atoms in total. The number of benzene rings is 3. The number of hydrogen-bond donors (Lipinski definition) is 1. The Morgan fingerprint density at radius 2 is 1.71 bits per heavy atom. The molecule has 0 saturated carbocycles. The Balaban J connectivity index is 1.76. The summed E-state index contributed by atoms with van der Waals surface area (Å²) < 4.78 is 36.3. The topological polar surface area (TPSA) is 162 Å². The van der Waals surface area contributed by atoms with Crippen molar-refractivity contribution < 1.29 is 36.6 Å². The van der Waals surface area contributed by atoms with Crippen molar-refractivity contribution >= 4 is 45.4 Å². The van der Waals surface area contributed by atoms with E-state index in [4.69, 9.17) is 8.92 Å². The molecule has 38 heavy (non-hydrogen) atoms. The van der Waals surface area contributed by atoms with E-state index in [2.05, 4.69) is 0 Å². The highest BCUT2D eigenvalue weighted by Gasteiger charge is 2.37. The van der Waals surface area contributed by atoms with Crippen molar-refractivity contribution in [1.82, 2.24) is 5.32 Å². The van der Waals surface area contributed by atoms with E-state index >= 15 is 0 Å². The van der Waals surface area contributed by atoms with Gasteiger partial charge in [-0.1, -0.05) is 23.8 Å². The second-order valence-corrected chi connectivity index (χ2v) is 9.54. The third-order valence-corrected chi connectivity index (χ3v) is 6.68. The number of non-ortho nitro benzene ring substituents is 1. The minimum absolute atomic E-state index is 0.00771. The van der Waals surface area contributed by atoms with E-state index in [-0.39, 0.29) is 33.3 Å². The first-order valence-corrected chi connectivity index (χ1v) is 12.3. The average molecular weight is 538 g/mol. The van der Waals surface area contributed by atoms with Crippen LogP contribution in [0.25, 0.3) is 6.08 Å². The zero-order valence-electron chi connectivity index (χ0n) is 19.9. The number of nitro groups is 1. The summed E-state index contributed by atoms with van der Waals surface area (Å²) >= 11 is 0. The molecule has 4 rings (SSSR count). The van der Waals surface area contributed by atoms with Crippen LogP contribution in [0, 0.1) is 17.0 Å². The molecule has 1 aliphatic heterocycles. The summed E-state index contributed by atoms with van der Waals surface area (Å²) in [7, 11) is -2.97. The molecule has 1 heterocycles. The maximum absolute atomic E-state index is 13.2. The van der Waals surface area contributed by atoms with Gasteiger partial charge in [-0.15, -0.1) is 0 Å². The quantitative estimate of drug-likeness (QED) is 0.157. The summed E-state index contributed by atoms with van der Waals surface area (Å²) in [5, 5.41) is 13.1. The van der Waals surface area contributed by atoms with Gasteiger partial charge in [0.1, 0.15) is 16.2 Å². The number of imide groups is 2. The van der Waals surface area contributed by atoms with Gasteiger partial charge in [0.25, 0.3) is 17.5 Å². The van der Waals surface area contributed by atoms with Crippen molar-refractivity contribution in [3.05, 3.63) is 93.5 Å². The largest absolute Gasteiger partial charge is 0.497 e. The Labute approximate surface area is 216 Å². The van der Waals surface area contributed by atoms with E-state index < -0.39 is 38.5 Å². The van der Waals surface area contributed by atoms with Crippen LogP contribution in [0.2, 0.25) is 0 Å². The fourth-order valence-corrected chi connectivity index (χ4v) is 4.44. The molecule has 0 aromatic heterocycles. The van der Waals surface area contributed by atoms with Gasteiger partial charge in [-0.3, -0.25) is 25.0 Å². The van der Waals surface area contributed by atoms with Gasteiger partial charge in [0.05, 0.1) is 17.7 Å². The highest BCUT2D eigenvalue weighted by Crippen LogP contribution is 2.31. The van der Waals surface area contributed by atoms with Gasteiger partial charge in [-0.2, -0.15) is 8.42 Å². The third kappa shape index (κ3) is 5.22. The SMILES string of the molecule is COc1ccc(/C=C2\C(=O)NC(=O)N(c3cccc([N+](=O)[O-])c3)C2=O)c(OS(=O)(=O)c2ccc(C)cc2)c1. The molecular weight excluding hydrogens is 518 g/mol. The molecule has 1 aliphatic rings. The number of anilines is 1. The molecule has 0 radical (unpaired) electrons. The number of aryl methyl sites for hydroxylation is 1. The summed E-state index contributed by atoms with van der Waals surface area (Å²) in [6, 6.07) is 13.6. The van der Waals surface area contributed by atoms with Gasteiger partial charge in [0.2, 0.25) is 0 Å². The zero-order valence-corrected chi connectivity index (χ0v) is 20.7. The smallest absolute Gasteiger partial charge is 0.339 e. The monoisotopic (exact) mass is 537 g/mol. The summed E-state index contributed by atoms with van der Waals surface area (Å²) in [5.41, 5.74) is -0.224. The van der Waals surface area contributed by atoms with E-state index in [1.54, 1.807) is 19.1 Å². The Hall–Kier alpha value is -5.04. The second kappa shape index (κ2) is 10.1. The van der Waals surface area contributed by atoms with E-state index in [0.717, 1.165) is 17.7 Å². The van der Waals surface area contributed by atoms with Crippen molar-refractivity contribution in [2.75, 3.05) is 12.0 Å². The summed E-state index contributed by atoms with van der Waals surface area (Å²) in [5.74, 6) is -2.15. The molecule has 1 saturated heterocycles. The van der Waals surface area contributed by atoms with Crippen LogP contribution in [0.1, 0.15) is 11.1 Å². The molecule has 0 atom stereocenters. The number of methoxy groups -OCH3 is 1. The van der Waals surface area contributed by atoms with Crippen LogP contribution >= 0.6 is 0 Å². The number of carbonyl (C=O) groups excluding carboxylic acids is 3. The van der Waals surface area contributed by atoms with Gasteiger partial charge in [-0.25, -0.2) is 9.69 Å². The third-order valence-electron chi connectivity index (χ3n) is 5.43. The number of amides is 4. The molecule has 3 aromatic rings. The average Bonchev–Trinajstić information content (AvgIpc) is 2.87. The molecule has 13 heteroatoms. The van der Waals surface area contributed by atoms with Crippen LogP contribution in [0.5, 0.6) is 11.5 Å². The van der Waals surface area contributed by atoms with Crippen molar-refractivity contribution in [3.63, 3.8) is 0 Å². The predicted molar refractivity (Wildman–Crippen MR) is 134 cm³/mol. The van der Waals surface area contributed by atoms with E-state index in [1.807, 2.05) is 5.32 Å². The van der Waals surface area contributed by atoms with Crippen LogP contribution in [0.15, 0.2) is 77.2 Å². The maximum Gasteiger partial charge on any atom is 0.339 e. The lowest BCUT2D eigenvalue weighted by atomic mass is 10.1. The summed E-state index contributed by atoms with van der Waals surface area (Å²) in [6.07, 6.45) is 1.05. The molecule has 1 N–H and O–H groups in total. The number of carbonyl (C=O) groups is 3. The number of hydrogen-bond acceptors (Lipinski definition) is 9. The van der Waals surface area contributed by atoms with Crippen LogP contribution < -0.4 is 19.1 Å². The lowest BCUT2D eigenvalue weighted by Gasteiger charge is -2.26. The Morgan fingerprint density at radius 3 is 2.37 bits per heavy atom. The van der Waals surface area contributed by atoms with Crippen molar-refractivity contribution in [2.24, 2.45) is 0 Å². The summed E-state index contributed by atoms with van der Waals surface area (Å²) in [6.45, 7) is 1.79. The second-order valence-electron chi connectivity index (χ2n) is 7.99. The van der Waals surface area contributed by atoms with Gasteiger partial charge in [0, 0.05) is 23.8 Å². The number of rotatable bonds is 7. The lowest BCUT2D eigenvalue weighted by Crippen LogP contribution is -2.54. The fourth-order valence-electron chi connectivity index (χ4n) is 3.50. The number of barbiturate groups is 1. The van der Waals surface area contributed by atoms with Crippen molar-refractivity contribution in [3.8, 4) is 11.5 Å². The normalized spacial score (nSPS) is 14.8. The van der Waals surface area contributed by atoms with Crippen LogP contribution in [0.4, 0.5) is 16.2 Å². The summed E-state index contributed by atoms with van der Waals surface area (Å²) in [4.78, 5) is 49.2. The number of nitrogens with zero attached hydrogens (tertiary/aromatic N) is 2. The first-order valence-electron chi connectivity index (χ1n) is 10.9. The first kappa shape index (κ1) is 26.0. The first-order chi connectivity index (χ1) is 18.0. The lowest BCUT2D eigenvalue weighted by molar-refractivity contribution is -0.384. The molecule has 0 spiro atoms. The van der Waals surface area contributed by atoms with Crippen molar-refractivity contribution in [1.29, 1.82) is 0 Å². The number of nitro benzene ring substituents is 1. The Bertz CT molecular complexity index is 1610. The maximum atomic E-state index is 13.2. The van der Waals surface area contributed by atoms with E-state index in [9.17, 15) is 32.9 Å². The Kier molecular flexibility index (Phi) is 6.95. The minimum atomic E-state index is -4.32. The van der Waals surface area contributed by atoms with E-state index in [0.29, 0.717) is 4.90 Å². The molecule has 3 aromatic carbocycles. The van der Waals surface area contributed by atoms with Crippen molar-refractivity contribution in [2.45, 2.75) is 11.8 Å². The van der Waals surface area contributed by atoms with Gasteiger partial charge in [0.15, 0.2) is 5.75 Å². The Morgan fingerprint density at radius 1 is 1.00 bits per heavy atom. The zero-order chi connectivity index (χ0) is 27.6. The highest BCUT2D eigenvalue weighted by molar-refractivity contribution is 7.87. The predicted octanol–water partition coefficient (Wildman–Crippen LogP) is 3.35. The molecule has 0 unspecified atom stereocenters. The molecular formula is C25H19N3O9S.